The molecular formula is C19H17FN2O2S. The summed E-state index contributed by atoms with van der Waals surface area (Å²) in [6, 6.07) is 13.6. The highest BCUT2D eigenvalue weighted by molar-refractivity contribution is 8.18. The van der Waals surface area contributed by atoms with E-state index in [1.54, 1.807) is 18.2 Å². The van der Waals surface area contributed by atoms with Crippen LogP contribution in [0, 0.1) is 5.82 Å². The lowest BCUT2D eigenvalue weighted by molar-refractivity contribution is -0.122. The number of amides is 2. The largest absolute Gasteiger partial charge is 0.367 e. The number of rotatable bonds is 5. The summed E-state index contributed by atoms with van der Waals surface area (Å²) >= 11 is 0.887. The highest BCUT2D eigenvalue weighted by atomic mass is 32.2. The lowest BCUT2D eigenvalue weighted by Crippen LogP contribution is -2.33. The number of aryl methyl sites for hydroxylation is 1. The molecular weight excluding hydrogens is 339 g/mol. The molecule has 25 heavy (non-hydrogen) atoms. The van der Waals surface area contributed by atoms with Crippen LogP contribution in [0.15, 0.2) is 53.4 Å². The van der Waals surface area contributed by atoms with Crippen molar-refractivity contribution in [3.63, 3.8) is 0 Å². The summed E-state index contributed by atoms with van der Waals surface area (Å²) in [5, 5.41) is 2.76. The van der Waals surface area contributed by atoms with Gasteiger partial charge >= 0.3 is 0 Å². The molecule has 2 aromatic carbocycles. The third kappa shape index (κ3) is 4.09. The fraction of sp³-hybridized carbons (Fsp3) is 0.158. The summed E-state index contributed by atoms with van der Waals surface area (Å²) < 4.78 is 12.9. The first kappa shape index (κ1) is 17.2. The predicted molar refractivity (Wildman–Crippen MR) is 98.5 cm³/mol. The number of nitrogens with zero attached hydrogens (tertiary/aromatic N) is 1. The quantitative estimate of drug-likeness (QED) is 0.802. The van der Waals surface area contributed by atoms with Gasteiger partial charge in [0.2, 0.25) is 0 Å². The molecule has 6 heteroatoms. The molecule has 0 aromatic heterocycles. The zero-order chi connectivity index (χ0) is 17.8. The van der Waals surface area contributed by atoms with Crippen LogP contribution in [-0.4, -0.2) is 22.7 Å². The topological polar surface area (TPSA) is 49.4 Å². The van der Waals surface area contributed by atoms with E-state index < -0.39 is 0 Å². The molecule has 128 valence electrons. The summed E-state index contributed by atoms with van der Waals surface area (Å²) in [6.45, 7) is 2.19. The smallest absolute Gasteiger partial charge is 0.295 e. The Hall–Kier alpha value is -2.60. The van der Waals surface area contributed by atoms with Gasteiger partial charge in [0.05, 0.1) is 11.6 Å². The van der Waals surface area contributed by atoms with Crippen LogP contribution in [0.1, 0.15) is 18.1 Å². The maximum atomic E-state index is 12.9. The highest BCUT2D eigenvalue weighted by Crippen LogP contribution is 2.32. The number of anilines is 1. The predicted octanol–water partition coefficient (Wildman–Crippen LogP) is 4.49. The van der Waals surface area contributed by atoms with Gasteiger partial charge in [0.15, 0.2) is 0 Å². The van der Waals surface area contributed by atoms with E-state index in [1.165, 1.54) is 17.7 Å². The van der Waals surface area contributed by atoms with Crippen molar-refractivity contribution in [1.82, 2.24) is 4.90 Å². The second-order valence-corrected chi connectivity index (χ2v) is 6.54. The molecule has 1 aliphatic rings. The number of thioether (sulfide) groups is 1. The molecule has 1 saturated heterocycles. The normalized spacial score (nSPS) is 15.9. The minimum atomic E-state index is -0.350. The van der Waals surface area contributed by atoms with Gasteiger partial charge in [-0.15, -0.1) is 0 Å². The SMILES string of the molecule is CCc1ccc(NCN2C(=O)SC(=Cc3ccc(F)cc3)C2=O)cc1. The van der Waals surface area contributed by atoms with Crippen LogP contribution in [0.3, 0.4) is 0 Å². The minimum absolute atomic E-state index is 0.108. The molecule has 0 saturated carbocycles. The molecule has 1 N–H and O–H groups in total. The molecule has 0 spiro atoms. The van der Waals surface area contributed by atoms with Gasteiger partial charge in [-0.2, -0.15) is 0 Å². The highest BCUT2D eigenvalue weighted by Gasteiger charge is 2.34. The van der Waals surface area contributed by atoms with Crippen molar-refractivity contribution < 1.29 is 14.0 Å². The lowest BCUT2D eigenvalue weighted by atomic mass is 10.1. The second-order valence-electron chi connectivity index (χ2n) is 5.55. The molecule has 1 heterocycles. The van der Waals surface area contributed by atoms with Gasteiger partial charge in [-0.1, -0.05) is 31.2 Å². The fourth-order valence-electron chi connectivity index (χ4n) is 2.38. The number of imide groups is 1. The van der Waals surface area contributed by atoms with E-state index in [1.807, 2.05) is 24.3 Å². The van der Waals surface area contributed by atoms with Gasteiger partial charge in [0.1, 0.15) is 5.82 Å². The van der Waals surface area contributed by atoms with Gasteiger partial charge in [0.25, 0.3) is 11.1 Å². The summed E-state index contributed by atoms with van der Waals surface area (Å²) in [6.07, 6.45) is 2.55. The molecule has 3 rings (SSSR count). The molecule has 0 radical (unpaired) electrons. The van der Waals surface area contributed by atoms with Gasteiger partial charge in [-0.05, 0) is 59.7 Å². The molecule has 0 atom stereocenters. The summed E-state index contributed by atoms with van der Waals surface area (Å²) in [7, 11) is 0. The number of hydrogen-bond acceptors (Lipinski definition) is 4. The fourth-order valence-corrected chi connectivity index (χ4v) is 3.21. The third-order valence-electron chi connectivity index (χ3n) is 3.84. The third-order valence-corrected chi connectivity index (χ3v) is 4.75. The molecule has 2 amide bonds. The Kier molecular flexibility index (Phi) is 5.19. The lowest BCUT2D eigenvalue weighted by Gasteiger charge is -2.14. The zero-order valence-corrected chi connectivity index (χ0v) is 14.5. The van der Waals surface area contributed by atoms with Crippen molar-refractivity contribution in [2.45, 2.75) is 13.3 Å². The second kappa shape index (κ2) is 7.53. The number of carbonyl (C=O) groups is 2. The van der Waals surface area contributed by atoms with Crippen LogP contribution < -0.4 is 5.32 Å². The Balaban J connectivity index is 1.67. The first-order valence-electron chi connectivity index (χ1n) is 7.90. The molecule has 0 aliphatic carbocycles. The average molecular weight is 356 g/mol. The Bertz CT molecular complexity index is 816. The maximum Gasteiger partial charge on any atom is 0.295 e. The van der Waals surface area contributed by atoms with E-state index >= 15 is 0 Å². The van der Waals surface area contributed by atoms with Crippen molar-refractivity contribution in [1.29, 1.82) is 0 Å². The van der Waals surface area contributed by atoms with Gasteiger partial charge in [-0.25, -0.2) is 4.39 Å². The minimum Gasteiger partial charge on any atom is -0.367 e. The van der Waals surface area contributed by atoms with Crippen molar-refractivity contribution in [3.05, 3.63) is 70.4 Å². The maximum absolute atomic E-state index is 12.9. The van der Waals surface area contributed by atoms with Gasteiger partial charge < -0.3 is 5.32 Å². The first-order valence-corrected chi connectivity index (χ1v) is 8.72. The van der Waals surface area contributed by atoms with Crippen LogP contribution >= 0.6 is 11.8 Å². The molecule has 4 nitrogen and oxygen atoms in total. The van der Waals surface area contributed by atoms with Crippen LogP contribution in [0.2, 0.25) is 0 Å². The Morgan fingerprint density at radius 3 is 2.40 bits per heavy atom. The average Bonchev–Trinajstić information content (AvgIpc) is 2.89. The van der Waals surface area contributed by atoms with Crippen LogP contribution in [0.4, 0.5) is 14.9 Å². The first-order chi connectivity index (χ1) is 12.1. The Morgan fingerprint density at radius 1 is 1.08 bits per heavy atom. The van der Waals surface area contributed by atoms with Crippen molar-refractivity contribution >= 4 is 34.7 Å². The van der Waals surface area contributed by atoms with E-state index in [4.69, 9.17) is 0 Å². The zero-order valence-electron chi connectivity index (χ0n) is 13.7. The summed E-state index contributed by atoms with van der Waals surface area (Å²) in [5.74, 6) is -0.694. The molecule has 2 aromatic rings. The van der Waals surface area contributed by atoms with Crippen molar-refractivity contribution in [2.24, 2.45) is 0 Å². The number of nitrogens with one attached hydrogen (secondary N) is 1. The molecule has 0 bridgehead atoms. The molecule has 1 aliphatic heterocycles. The van der Waals surface area contributed by atoms with E-state index in [0.717, 1.165) is 28.8 Å². The summed E-state index contributed by atoms with van der Waals surface area (Å²) in [5.41, 5.74) is 2.74. The Labute approximate surface area is 149 Å². The number of hydrogen-bond donors (Lipinski definition) is 1. The number of carbonyl (C=O) groups excluding carboxylic acids is 2. The molecule has 1 fully saturated rings. The van der Waals surface area contributed by atoms with E-state index in [9.17, 15) is 14.0 Å². The van der Waals surface area contributed by atoms with Gasteiger partial charge in [-0.3, -0.25) is 14.5 Å². The van der Waals surface area contributed by atoms with Crippen molar-refractivity contribution in [2.75, 3.05) is 12.0 Å². The molecule has 0 unspecified atom stereocenters. The van der Waals surface area contributed by atoms with E-state index in [2.05, 4.69) is 12.2 Å². The van der Waals surface area contributed by atoms with E-state index in [0.29, 0.717) is 10.5 Å². The summed E-state index contributed by atoms with van der Waals surface area (Å²) in [4.78, 5) is 26.0. The Morgan fingerprint density at radius 2 is 1.76 bits per heavy atom. The monoisotopic (exact) mass is 356 g/mol. The van der Waals surface area contributed by atoms with Crippen LogP contribution in [0.25, 0.3) is 6.08 Å². The van der Waals surface area contributed by atoms with Crippen molar-refractivity contribution in [3.8, 4) is 0 Å². The number of halogens is 1. The van der Waals surface area contributed by atoms with Crippen LogP contribution in [0.5, 0.6) is 0 Å². The standard InChI is InChI=1S/C19H17FN2O2S/c1-2-13-5-9-16(10-6-13)21-12-22-18(23)17(25-19(22)24)11-14-3-7-15(20)8-4-14/h3-11,21H,2,12H2,1H3. The number of benzene rings is 2. The van der Waals surface area contributed by atoms with Crippen LogP contribution in [-0.2, 0) is 11.2 Å². The van der Waals surface area contributed by atoms with E-state index in [-0.39, 0.29) is 23.6 Å². The van der Waals surface area contributed by atoms with Gasteiger partial charge in [0, 0.05) is 5.69 Å².